The van der Waals surface area contributed by atoms with Crippen LogP contribution in [0.4, 0.5) is 0 Å². The molecule has 1 aliphatic rings. The van der Waals surface area contributed by atoms with Crippen LogP contribution in [0.2, 0.25) is 0 Å². The number of para-hydroxylation sites is 1. The van der Waals surface area contributed by atoms with E-state index in [1.807, 2.05) is 18.2 Å². The van der Waals surface area contributed by atoms with E-state index < -0.39 is 9.84 Å². The monoisotopic (exact) mass is 426 g/mol. The van der Waals surface area contributed by atoms with Crippen molar-refractivity contribution < 1.29 is 17.9 Å². The minimum atomic E-state index is -3.18. The van der Waals surface area contributed by atoms with E-state index in [2.05, 4.69) is 16.3 Å². The standard InChI is InChI=1S/C20H26N2O4S.ClH/c1-25-20-6-4-3-5-18(20)19-15-21-11-12-22(19)13-14-26-16-7-9-17(10-8-16)27(2,23)24;/h3-10,19,21H,11-15H2,1-2H3;1H. The number of nitrogens with one attached hydrogen (secondary N) is 1. The Morgan fingerprint density at radius 3 is 2.54 bits per heavy atom. The Hall–Kier alpha value is -1.80. The molecule has 28 heavy (non-hydrogen) atoms. The first kappa shape index (κ1) is 22.5. The van der Waals surface area contributed by atoms with Crippen LogP contribution in [0, 0.1) is 0 Å². The van der Waals surface area contributed by atoms with Crippen LogP contribution in [0.25, 0.3) is 0 Å². The Balaban J connectivity index is 0.00000280. The summed E-state index contributed by atoms with van der Waals surface area (Å²) in [6.07, 6.45) is 1.20. The van der Waals surface area contributed by atoms with E-state index in [0.29, 0.717) is 17.3 Å². The van der Waals surface area contributed by atoms with Crippen LogP contribution < -0.4 is 14.8 Å². The predicted octanol–water partition coefficient (Wildman–Crippen LogP) is 2.55. The molecule has 1 heterocycles. The van der Waals surface area contributed by atoms with Crippen LogP contribution in [-0.2, 0) is 9.84 Å². The summed E-state index contributed by atoms with van der Waals surface area (Å²) in [7, 11) is -1.49. The number of methoxy groups -OCH3 is 1. The van der Waals surface area contributed by atoms with E-state index in [-0.39, 0.29) is 18.4 Å². The SMILES string of the molecule is COc1ccccc1C1CNCCN1CCOc1ccc(S(C)(=O)=O)cc1.Cl. The molecule has 1 atom stereocenters. The van der Waals surface area contributed by atoms with Gasteiger partial charge in [-0.3, -0.25) is 4.90 Å². The molecule has 0 amide bonds. The smallest absolute Gasteiger partial charge is 0.175 e. The van der Waals surface area contributed by atoms with Crippen molar-refractivity contribution >= 4 is 22.2 Å². The number of halogens is 1. The van der Waals surface area contributed by atoms with Gasteiger partial charge in [-0.2, -0.15) is 0 Å². The molecule has 154 valence electrons. The third-order valence-electron chi connectivity index (χ3n) is 4.75. The summed E-state index contributed by atoms with van der Waals surface area (Å²) in [5, 5.41) is 3.45. The molecular weight excluding hydrogens is 400 g/mol. The van der Waals surface area contributed by atoms with Gasteiger partial charge in [0.05, 0.1) is 18.0 Å². The van der Waals surface area contributed by atoms with Gasteiger partial charge in [0.25, 0.3) is 0 Å². The normalized spacial score (nSPS) is 17.6. The predicted molar refractivity (Wildman–Crippen MR) is 112 cm³/mol. The Kier molecular flexibility index (Phi) is 8.12. The summed E-state index contributed by atoms with van der Waals surface area (Å²) in [6, 6.07) is 14.9. The number of hydrogen-bond acceptors (Lipinski definition) is 6. The van der Waals surface area contributed by atoms with Gasteiger partial charge in [-0.15, -0.1) is 12.4 Å². The molecule has 1 N–H and O–H groups in total. The lowest BCUT2D eigenvalue weighted by molar-refractivity contribution is 0.132. The lowest BCUT2D eigenvalue weighted by Crippen LogP contribution is -2.47. The van der Waals surface area contributed by atoms with Crippen LogP contribution in [0.5, 0.6) is 11.5 Å². The average molecular weight is 427 g/mol. The molecule has 1 saturated heterocycles. The van der Waals surface area contributed by atoms with Crippen molar-refractivity contribution in [2.24, 2.45) is 0 Å². The van der Waals surface area contributed by atoms with Crippen molar-refractivity contribution in [2.45, 2.75) is 10.9 Å². The Labute approximate surface area is 173 Å². The van der Waals surface area contributed by atoms with Gasteiger partial charge in [-0.1, -0.05) is 18.2 Å². The number of ether oxygens (including phenoxy) is 2. The van der Waals surface area contributed by atoms with Gasteiger partial charge >= 0.3 is 0 Å². The van der Waals surface area contributed by atoms with E-state index in [0.717, 1.165) is 31.9 Å². The minimum absolute atomic E-state index is 0. The van der Waals surface area contributed by atoms with Gasteiger partial charge in [-0.25, -0.2) is 8.42 Å². The summed E-state index contributed by atoms with van der Waals surface area (Å²) in [4.78, 5) is 2.69. The summed E-state index contributed by atoms with van der Waals surface area (Å²) in [5.41, 5.74) is 1.17. The molecule has 0 spiro atoms. The zero-order valence-electron chi connectivity index (χ0n) is 16.1. The molecule has 0 saturated carbocycles. The van der Waals surface area contributed by atoms with Crippen molar-refractivity contribution in [3.05, 3.63) is 54.1 Å². The zero-order chi connectivity index (χ0) is 19.3. The van der Waals surface area contributed by atoms with Gasteiger partial charge in [0.15, 0.2) is 9.84 Å². The molecule has 3 rings (SSSR count). The topological polar surface area (TPSA) is 67.9 Å². The largest absolute Gasteiger partial charge is 0.496 e. The lowest BCUT2D eigenvalue weighted by atomic mass is 10.0. The third kappa shape index (κ3) is 5.61. The maximum Gasteiger partial charge on any atom is 0.175 e. The molecule has 0 aromatic heterocycles. The zero-order valence-corrected chi connectivity index (χ0v) is 17.8. The van der Waals surface area contributed by atoms with E-state index in [1.54, 1.807) is 31.4 Å². The van der Waals surface area contributed by atoms with Gasteiger partial charge in [0, 0.05) is 38.0 Å². The Bertz CT molecular complexity index is 859. The first-order valence-corrected chi connectivity index (χ1v) is 10.9. The number of hydrogen-bond donors (Lipinski definition) is 1. The molecule has 8 heteroatoms. The number of sulfone groups is 1. The molecule has 0 aliphatic carbocycles. The van der Waals surface area contributed by atoms with Crippen LogP contribution in [0.3, 0.4) is 0 Å². The van der Waals surface area contributed by atoms with Crippen molar-refractivity contribution in [3.63, 3.8) is 0 Å². The number of rotatable bonds is 7. The third-order valence-corrected chi connectivity index (χ3v) is 5.88. The van der Waals surface area contributed by atoms with Crippen LogP contribution >= 0.6 is 12.4 Å². The summed E-state index contributed by atoms with van der Waals surface area (Å²) >= 11 is 0. The first-order chi connectivity index (χ1) is 13.0. The fourth-order valence-electron chi connectivity index (χ4n) is 3.33. The summed E-state index contributed by atoms with van der Waals surface area (Å²) in [5.74, 6) is 1.57. The quantitative estimate of drug-likeness (QED) is 0.733. The fraction of sp³-hybridized carbons (Fsp3) is 0.400. The molecule has 1 fully saturated rings. The van der Waals surface area contributed by atoms with Crippen molar-refractivity contribution in [2.75, 3.05) is 46.2 Å². The fourth-order valence-corrected chi connectivity index (χ4v) is 3.96. The highest BCUT2D eigenvalue weighted by Gasteiger charge is 2.25. The van der Waals surface area contributed by atoms with E-state index in [9.17, 15) is 8.42 Å². The molecule has 0 bridgehead atoms. The highest BCUT2D eigenvalue weighted by atomic mass is 35.5. The number of benzene rings is 2. The number of nitrogens with zero attached hydrogens (tertiary/aromatic N) is 1. The van der Waals surface area contributed by atoms with Crippen molar-refractivity contribution in [1.82, 2.24) is 10.2 Å². The van der Waals surface area contributed by atoms with Crippen LogP contribution in [0.1, 0.15) is 11.6 Å². The highest BCUT2D eigenvalue weighted by molar-refractivity contribution is 7.90. The molecule has 2 aromatic rings. The highest BCUT2D eigenvalue weighted by Crippen LogP contribution is 2.30. The van der Waals surface area contributed by atoms with Crippen molar-refractivity contribution in [3.8, 4) is 11.5 Å². The molecule has 6 nitrogen and oxygen atoms in total. The average Bonchev–Trinajstić information content (AvgIpc) is 2.68. The molecule has 0 radical (unpaired) electrons. The Morgan fingerprint density at radius 1 is 1.14 bits per heavy atom. The molecule has 1 aliphatic heterocycles. The second-order valence-corrected chi connectivity index (χ2v) is 8.61. The van der Waals surface area contributed by atoms with Gasteiger partial charge < -0.3 is 14.8 Å². The maximum absolute atomic E-state index is 11.5. The van der Waals surface area contributed by atoms with Gasteiger partial charge in [0.1, 0.15) is 18.1 Å². The summed E-state index contributed by atoms with van der Waals surface area (Å²) in [6.45, 7) is 4.04. The second-order valence-electron chi connectivity index (χ2n) is 6.59. The van der Waals surface area contributed by atoms with Crippen LogP contribution in [0.15, 0.2) is 53.4 Å². The first-order valence-electron chi connectivity index (χ1n) is 8.99. The van der Waals surface area contributed by atoms with Gasteiger partial charge in [-0.05, 0) is 30.3 Å². The number of piperazine rings is 1. The van der Waals surface area contributed by atoms with Gasteiger partial charge in [0.2, 0.25) is 0 Å². The second kappa shape index (κ2) is 10.1. The maximum atomic E-state index is 11.5. The summed E-state index contributed by atoms with van der Waals surface area (Å²) < 4.78 is 34.4. The van der Waals surface area contributed by atoms with Crippen molar-refractivity contribution in [1.29, 1.82) is 0 Å². The molecule has 1 unspecified atom stereocenters. The van der Waals surface area contributed by atoms with E-state index in [1.165, 1.54) is 11.8 Å². The van der Waals surface area contributed by atoms with Crippen LogP contribution in [-0.4, -0.2) is 59.5 Å². The molecule has 2 aromatic carbocycles. The lowest BCUT2D eigenvalue weighted by Gasteiger charge is -2.36. The Morgan fingerprint density at radius 2 is 1.86 bits per heavy atom. The van der Waals surface area contributed by atoms with E-state index >= 15 is 0 Å². The minimum Gasteiger partial charge on any atom is -0.496 e. The molecular formula is C20H27ClN2O4S. The van der Waals surface area contributed by atoms with E-state index in [4.69, 9.17) is 9.47 Å².